The van der Waals surface area contributed by atoms with Gasteiger partial charge in [-0.2, -0.15) is 13.2 Å². The SMILES string of the molecule is C=CCCc1c#cc(OC(F)(F)c2ccc(OC)c(F)c2F)cc1. The molecule has 2 nitrogen and oxygen atoms in total. The molecular weight excluding hydrogens is 324 g/mol. The van der Waals surface area contributed by atoms with Crippen molar-refractivity contribution in [2.75, 3.05) is 7.11 Å². The molecule has 0 saturated heterocycles. The number of allylic oxidation sites excluding steroid dienone is 1. The summed E-state index contributed by atoms with van der Waals surface area (Å²) in [4.78, 5) is 0. The van der Waals surface area contributed by atoms with E-state index in [0.29, 0.717) is 18.9 Å². The highest BCUT2D eigenvalue weighted by Crippen LogP contribution is 2.35. The van der Waals surface area contributed by atoms with Crippen molar-refractivity contribution in [1.82, 2.24) is 0 Å². The second-order valence-corrected chi connectivity index (χ2v) is 4.86. The average Bonchev–Trinajstić information content (AvgIpc) is 2.56. The van der Waals surface area contributed by atoms with E-state index in [-0.39, 0.29) is 5.75 Å². The Labute approximate surface area is 137 Å². The maximum absolute atomic E-state index is 14.1. The predicted molar refractivity (Wildman–Crippen MR) is 80.1 cm³/mol. The van der Waals surface area contributed by atoms with E-state index in [1.54, 1.807) is 6.08 Å². The van der Waals surface area contributed by atoms with E-state index in [1.807, 2.05) is 0 Å². The van der Waals surface area contributed by atoms with Crippen molar-refractivity contribution in [2.24, 2.45) is 0 Å². The normalized spacial score (nSPS) is 10.9. The highest BCUT2D eigenvalue weighted by atomic mass is 19.3. The van der Waals surface area contributed by atoms with E-state index in [1.165, 1.54) is 12.1 Å². The summed E-state index contributed by atoms with van der Waals surface area (Å²) in [6, 6.07) is 9.51. The maximum Gasteiger partial charge on any atom is 0.430 e. The molecule has 0 radical (unpaired) electrons. The molecular formula is C18H14F4O2. The third-order valence-electron chi connectivity index (χ3n) is 3.22. The Morgan fingerprint density at radius 1 is 1.12 bits per heavy atom. The Kier molecular flexibility index (Phi) is 5.35. The zero-order valence-corrected chi connectivity index (χ0v) is 12.8. The van der Waals surface area contributed by atoms with Gasteiger partial charge >= 0.3 is 6.11 Å². The van der Waals surface area contributed by atoms with Gasteiger partial charge in [-0.15, -0.1) is 6.58 Å². The summed E-state index contributed by atoms with van der Waals surface area (Å²) in [7, 11) is 1.10. The molecule has 0 aliphatic rings. The van der Waals surface area contributed by atoms with Crippen LogP contribution in [0, 0.1) is 23.8 Å². The molecule has 0 atom stereocenters. The molecule has 0 aliphatic heterocycles. The first-order valence-corrected chi connectivity index (χ1v) is 7.02. The van der Waals surface area contributed by atoms with Gasteiger partial charge in [0.15, 0.2) is 17.3 Å². The highest BCUT2D eigenvalue weighted by Gasteiger charge is 2.39. The van der Waals surface area contributed by atoms with Crippen molar-refractivity contribution in [2.45, 2.75) is 19.0 Å². The lowest BCUT2D eigenvalue weighted by molar-refractivity contribution is -0.187. The van der Waals surface area contributed by atoms with Gasteiger partial charge in [0.1, 0.15) is 5.56 Å². The quantitative estimate of drug-likeness (QED) is 0.532. The lowest BCUT2D eigenvalue weighted by Crippen LogP contribution is -2.24. The second kappa shape index (κ2) is 7.26. The van der Waals surface area contributed by atoms with Crippen molar-refractivity contribution < 1.29 is 27.0 Å². The zero-order valence-electron chi connectivity index (χ0n) is 12.8. The number of ether oxygens (including phenoxy) is 2. The van der Waals surface area contributed by atoms with Gasteiger partial charge in [-0.3, -0.25) is 0 Å². The molecule has 2 aromatic rings. The standard InChI is InChI=1S/C18H14F4O2/c1-3-4-5-12-6-8-13(9-7-12)24-18(21,22)14-10-11-15(23-2)17(20)16(14)19/h3,6,8,10-11H,1,4-5H2,2H3. The molecule has 0 N–H and O–H groups in total. The summed E-state index contributed by atoms with van der Waals surface area (Å²) in [5.74, 6) is -4.05. The molecule has 0 saturated carbocycles. The zero-order chi connectivity index (χ0) is 17.7. The Morgan fingerprint density at radius 3 is 2.46 bits per heavy atom. The summed E-state index contributed by atoms with van der Waals surface area (Å²) >= 11 is 0. The van der Waals surface area contributed by atoms with Crippen LogP contribution in [-0.2, 0) is 12.5 Å². The van der Waals surface area contributed by atoms with Gasteiger partial charge in [0.05, 0.1) is 7.11 Å². The molecule has 0 bridgehead atoms. The van der Waals surface area contributed by atoms with E-state index in [9.17, 15) is 17.6 Å². The van der Waals surface area contributed by atoms with E-state index in [2.05, 4.69) is 28.2 Å². The average molecular weight is 338 g/mol. The van der Waals surface area contributed by atoms with Crippen LogP contribution in [0.4, 0.5) is 17.6 Å². The van der Waals surface area contributed by atoms with E-state index < -0.39 is 29.1 Å². The van der Waals surface area contributed by atoms with Crippen LogP contribution in [0.3, 0.4) is 0 Å². The van der Waals surface area contributed by atoms with Crippen molar-refractivity contribution in [1.29, 1.82) is 0 Å². The number of hydrogen-bond acceptors (Lipinski definition) is 2. The number of aryl methyl sites for hydroxylation is 1. The fourth-order valence-electron chi connectivity index (χ4n) is 1.97. The fraction of sp³-hybridized carbons (Fsp3) is 0.222. The van der Waals surface area contributed by atoms with Crippen molar-refractivity contribution in [3.63, 3.8) is 0 Å². The van der Waals surface area contributed by atoms with Crippen LogP contribution in [0.25, 0.3) is 0 Å². The predicted octanol–water partition coefficient (Wildman–Crippen LogP) is 4.82. The molecule has 24 heavy (non-hydrogen) atoms. The summed E-state index contributed by atoms with van der Waals surface area (Å²) in [6.07, 6.45) is -1.02. The third-order valence-corrected chi connectivity index (χ3v) is 3.22. The smallest absolute Gasteiger partial charge is 0.430 e. The Hall–Kier alpha value is -2.68. The number of methoxy groups -OCH3 is 1. The van der Waals surface area contributed by atoms with Gasteiger partial charge in [0, 0.05) is 5.56 Å². The molecule has 2 aromatic carbocycles. The summed E-state index contributed by atoms with van der Waals surface area (Å²) < 4.78 is 64.6. The lowest BCUT2D eigenvalue weighted by atomic mass is 10.1. The second-order valence-electron chi connectivity index (χ2n) is 4.86. The fourth-order valence-corrected chi connectivity index (χ4v) is 1.97. The third kappa shape index (κ3) is 3.80. The number of alkyl halides is 2. The molecule has 6 heteroatoms. The van der Waals surface area contributed by atoms with E-state index >= 15 is 0 Å². The largest absolute Gasteiger partial charge is 0.494 e. The van der Waals surface area contributed by atoms with Crippen LogP contribution in [0.1, 0.15) is 17.5 Å². The van der Waals surface area contributed by atoms with Gasteiger partial charge in [-0.05, 0) is 43.2 Å². The summed E-state index contributed by atoms with van der Waals surface area (Å²) in [5, 5.41) is 0. The molecule has 0 aromatic heterocycles. The van der Waals surface area contributed by atoms with Crippen LogP contribution in [0.5, 0.6) is 11.5 Å². The minimum Gasteiger partial charge on any atom is -0.494 e. The molecule has 0 fully saturated rings. The van der Waals surface area contributed by atoms with Crippen molar-refractivity contribution >= 4 is 0 Å². The van der Waals surface area contributed by atoms with Gasteiger partial charge < -0.3 is 9.47 Å². The molecule has 126 valence electrons. The highest BCUT2D eigenvalue weighted by molar-refractivity contribution is 5.33. The molecule has 0 heterocycles. The lowest BCUT2D eigenvalue weighted by Gasteiger charge is -2.18. The number of rotatable bonds is 7. The first kappa shape index (κ1) is 17.7. The maximum atomic E-state index is 14.1. The van der Waals surface area contributed by atoms with E-state index in [4.69, 9.17) is 0 Å². The number of halogens is 4. The summed E-state index contributed by atoms with van der Waals surface area (Å²) in [6.45, 7) is 3.58. The van der Waals surface area contributed by atoms with E-state index in [0.717, 1.165) is 18.7 Å². The van der Waals surface area contributed by atoms with Gasteiger partial charge in [-0.25, -0.2) is 4.39 Å². The molecule has 0 unspecified atom stereocenters. The topological polar surface area (TPSA) is 18.5 Å². The molecule has 0 aliphatic carbocycles. The van der Waals surface area contributed by atoms with Crippen LogP contribution in [-0.4, -0.2) is 7.11 Å². The number of benzene rings is 1. The van der Waals surface area contributed by atoms with Crippen LogP contribution >= 0.6 is 0 Å². The van der Waals surface area contributed by atoms with Crippen LogP contribution in [0.2, 0.25) is 0 Å². The van der Waals surface area contributed by atoms with Crippen LogP contribution in [0.15, 0.2) is 36.9 Å². The van der Waals surface area contributed by atoms with Crippen molar-refractivity contribution in [3.8, 4) is 11.5 Å². The van der Waals surface area contributed by atoms with Crippen LogP contribution < -0.4 is 9.47 Å². The first-order chi connectivity index (χ1) is 11.4. The molecule has 0 amide bonds. The van der Waals surface area contributed by atoms with Gasteiger partial charge in [0.2, 0.25) is 5.82 Å². The van der Waals surface area contributed by atoms with Gasteiger partial charge in [0.25, 0.3) is 0 Å². The summed E-state index contributed by atoms with van der Waals surface area (Å²) in [5.41, 5.74) is -0.489. The van der Waals surface area contributed by atoms with Gasteiger partial charge in [-0.1, -0.05) is 12.1 Å². The Morgan fingerprint density at radius 2 is 1.88 bits per heavy atom. The Balaban J connectivity index is 2.22. The number of hydrogen-bond donors (Lipinski definition) is 0. The molecule has 2 rings (SSSR count). The molecule has 0 spiro atoms. The minimum atomic E-state index is -4.08. The monoisotopic (exact) mass is 338 g/mol. The minimum absolute atomic E-state index is 0.335. The Bertz CT molecular complexity index is 712. The van der Waals surface area contributed by atoms with Crippen molar-refractivity contribution in [3.05, 3.63) is 71.8 Å². The first-order valence-electron chi connectivity index (χ1n) is 7.02.